The molecule has 1 atom stereocenters. The summed E-state index contributed by atoms with van der Waals surface area (Å²) in [5.41, 5.74) is 10.9. The van der Waals surface area contributed by atoms with Crippen LogP contribution in [0.15, 0.2) is 48.5 Å². The zero-order valence-corrected chi connectivity index (χ0v) is 12.4. The summed E-state index contributed by atoms with van der Waals surface area (Å²) in [6.45, 7) is 2.69. The van der Waals surface area contributed by atoms with Crippen LogP contribution in [0.2, 0.25) is 0 Å². The van der Waals surface area contributed by atoms with E-state index in [1.54, 1.807) is 7.11 Å². The summed E-state index contributed by atoms with van der Waals surface area (Å²) in [5.74, 6) is 1.05. The molecule has 0 aliphatic rings. The van der Waals surface area contributed by atoms with Crippen LogP contribution >= 0.6 is 0 Å². The molecule has 0 aliphatic carbocycles. The Morgan fingerprint density at radius 1 is 1.10 bits per heavy atom. The monoisotopic (exact) mass is 280 g/mol. The van der Waals surface area contributed by atoms with E-state index in [9.17, 15) is 0 Å². The molecule has 0 amide bonds. The Morgan fingerprint density at radius 3 is 2.48 bits per heavy atom. The Hall–Kier alpha value is -2.26. The zero-order chi connectivity index (χ0) is 14.8. The number of H-pyrrole nitrogens is 1. The predicted molar refractivity (Wildman–Crippen MR) is 86.9 cm³/mol. The molecule has 3 N–H and O–H groups in total. The van der Waals surface area contributed by atoms with Gasteiger partial charge in [-0.05, 0) is 36.2 Å². The quantitative estimate of drug-likeness (QED) is 0.767. The smallest absolute Gasteiger partial charge is 0.118 e. The van der Waals surface area contributed by atoms with Gasteiger partial charge < -0.3 is 15.5 Å². The Kier molecular flexibility index (Phi) is 3.67. The zero-order valence-electron chi connectivity index (χ0n) is 12.4. The van der Waals surface area contributed by atoms with Crippen molar-refractivity contribution in [3.8, 4) is 5.75 Å². The number of methoxy groups -OCH3 is 1. The van der Waals surface area contributed by atoms with Crippen molar-refractivity contribution < 1.29 is 4.74 Å². The standard InChI is InChI=1S/C18H20N2O/c1-12-18(15-5-3-4-6-17(15)20-12)16(11-19)13-7-9-14(21-2)10-8-13/h3-10,16,20H,11,19H2,1-2H3/t16-/m0/s1. The normalized spacial score (nSPS) is 12.5. The molecule has 0 bridgehead atoms. The third-order valence-corrected chi connectivity index (χ3v) is 4.05. The molecule has 3 aromatic rings. The van der Waals surface area contributed by atoms with Crippen LogP contribution in [0.4, 0.5) is 0 Å². The van der Waals surface area contributed by atoms with E-state index in [1.807, 2.05) is 18.2 Å². The van der Waals surface area contributed by atoms with Crippen molar-refractivity contribution in [2.75, 3.05) is 13.7 Å². The van der Waals surface area contributed by atoms with Gasteiger partial charge in [-0.3, -0.25) is 0 Å². The molecule has 0 spiro atoms. The highest BCUT2D eigenvalue weighted by Crippen LogP contribution is 2.33. The average molecular weight is 280 g/mol. The van der Waals surface area contributed by atoms with Gasteiger partial charge in [-0.1, -0.05) is 30.3 Å². The van der Waals surface area contributed by atoms with Gasteiger partial charge >= 0.3 is 0 Å². The summed E-state index contributed by atoms with van der Waals surface area (Å²) >= 11 is 0. The van der Waals surface area contributed by atoms with Crippen LogP contribution in [0.5, 0.6) is 5.75 Å². The number of ether oxygens (including phenoxy) is 1. The molecular weight excluding hydrogens is 260 g/mol. The number of benzene rings is 2. The SMILES string of the molecule is COc1ccc([C@H](CN)c2c(C)[nH]c3ccccc23)cc1. The minimum atomic E-state index is 0.187. The maximum absolute atomic E-state index is 6.08. The van der Waals surface area contributed by atoms with E-state index < -0.39 is 0 Å². The van der Waals surface area contributed by atoms with Crippen molar-refractivity contribution >= 4 is 10.9 Å². The summed E-state index contributed by atoms with van der Waals surface area (Å²) in [6, 6.07) is 16.5. The molecular formula is C18H20N2O. The van der Waals surface area contributed by atoms with Crippen LogP contribution in [0, 0.1) is 6.92 Å². The Labute approximate surface area is 124 Å². The first-order valence-corrected chi connectivity index (χ1v) is 7.15. The summed E-state index contributed by atoms with van der Waals surface area (Å²) in [5, 5.41) is 1.25. The highest BCUT2D eigenvalue weighted by molar-refractivity contribution is 5.85. The van der Waals surface area contributed by atoms with Crippen LogP contribution < -0.4 is 10.5 Å². The van der Waals surface area contributed by atoms with E-state index in [0.29, 0.717) is 6.54 Å². The van der Waals surface area contributed by atoms with Gasteiger partial charge in [0.2, 0.25) is 0 Å². The molecule has 0 unspecified atom stereocenters. The number of hydrogen-bond donors (Lipinski definition) is 2. The van der Waals surface area contributed by atoms with E-state index >= 15 is 0 Å². The lowest BCUT2D eigenvalue weighted by molar-refractivity contribution is 0.414. The number of aryl methyl sites for hydroxylation is 1. The summed E-state index contributed by atoms with van der Waals surface area (Å²) < 4.78 is 5.23. The molecule has 108 valence electrons. The fraction of sp³-hybridized carbons (Fsp3) is 0.222. The molecule has 1 aromatic heterocycles. The number of nitrogens with one attached hydrogen (secondary N) is 1. The molecule has 3 rings (SSSR count). The van der Waals surface area contributed by atoms with Crippen molar-refractivity contribution in [1.29, 1.82) is 0 Å². The first kappa shape index (κ1) is 13.7. The Balaban J connectivity index is 2.11. The second-order valence-electron chi connectivity index (χ2n) is 5.27. The molecule has 2 aromatic carbocycles. The molecule has 0 saturated carbocycles. The highest BCUT2D eigenvalue weighted by atomic mass is 16.5. The van der Waals surface area contributed by atoms with Gasteiger partial charge in [0.25, 0.3) is 0 Å². The number of hydrogen-bond acceptors (Lipinski definition) is 2. The predicted octanol–water partition coefficient (Wildman–Crippen LogP) is 3.58. The third-order valence-electron chi connectivity index (χ3n) is 4.05. The number of rotatable bonds is 4. The van der Waals surface area contributed by atoms with E-state index in [4.69, 9.17) is 10.5 Å². The van der Waals surface area contributed by atoms with Crippen molar-refractivity contribution in [3.63, 3.8) is 0 Å². The summed E-state index contributed by atoms with van der Waals surface area (Å²) in [4.78, 5) is 3.45. The first-order chi connectivity index (χ1) is 10.2. The van der Waals surface area contributed by atoms with Crippen LogP contribution in [0.1, 0.15) is 22.7 Å². The number of para-hydroxylation sites is 1. The highest BCUT2D eigenvalue weighted by Gasteiger charge is 2.19. The lowest BCUT2D eigenvalue weighted by atomic mass is 9.89. The Morgan fingerprint density at radius 2 is 1.81 bits per heavy atom. The first-order valence-electron chi connectivity index (χ1n) is 7.15. The average Bonchev–Trinajstić information content (AvgIpc) is 2.85. The fourth-order valence-corrected chi connectivity index (χ4v) is 3.00. The molecule has 0 aliphatic heterocycles. The van der Waals surface area contributed by atoms with Crippen LogP contribution in [0.25, 0.3) is 10.9 Å². The lowest BCUT2D eigenvalue weighted by Crippen LogP contribution is -2.14. The van der Waals surface area contributed by atoms with Crippen molar-refractivity contribution in [2.45, 2.75) is 12.8 Å². The summed E-state index contributed by atoms with van der Waals surface area (Å²) in [7, 11) is 1.68. The fourth-order valence-electron chi connectivity index (χ4n) is 3.00. The number of nitrogens with two attached hydrogens (primary N) is 1. The third kappa shape index (κ3) is 2.41. The second-order valence-corrected chi connectivity index (χ2v) is 5.27. The minimum Gasteiger partial charge on any atom is -0.497 e. The van der Waals surface area contributed by atoms with Gasteiger partial charge in [0.05, 0.1) is 7.11 Å². The van der Waals surface area contributed by atoms with Gasteiger partial charge in [-0.15, -0.1) is 0 Å². The van der Waals surface area contributed by atoms with Crippen LogP contribution in [-0.2, 0) is 0 Å². The maximum Gasteiger partial charge on any atom is 0.118 e. The van der Waals surface area contributed by atoms with E-state index in [-0.39, 0.29) is 5.92 Å². The largest absolute Gasteiger partial charge is 0.497 e. The molecule has 1 heterocycles. The lowest BCUT2D eigenvalue weighted by Gasteiger charge is -2.17. The minimum absolute atomic E-state index is 0.187. The number of aromatic nitrogens is 1. The second kappa shape index (κ2) is 5.62. The van der Waals surface area contributed by atoms with Gasteiger partial charge in [0.15, 0.2) is 0 Å². The van der Waals surface area contributed by atoms with Gasteiger partial charge in [0, 0.05) is 29.1 Å². The van der Waals surface area contributed by atoms with E-state index in [0.717, 1.165) is 11.3 Å². The van der Waals surface area contributed by atoms with Crippen LogP contribution in [-0.4, -0.2) is 18.6 Å². The number of fused-ring (bicyclic) bond motifs is 1. The molecule has 0 radical (unpaired) electrons. The topological polar surface area (TPSA) is 51.0 Å². The van der Waals surface area contributed by atoms with E-state index in [1.165, 1.54) is 22.2 Å². The molecule has 3 heteroatoms. The molecule has 21 heavy (non-hydrogen) atoms. The van der Waals surface area contributed by atoms with Gasteiger partial charge in [0.1, 0.15) is 5.75 Å². The molecule has 0 fully saturated rings. The Bertz CT molecular complexity index is 744. The van der Waals surface area contributed by atoms with Crippen molar-refractivity contribution in [1.82, 2.24) is 4.98 Å². The number of aromatic amines is 1. The van der Waals surface area contributed by atoms with Crippen molar-refractivity contribution in [3.05, 3.63) is 65.4 Å². The van der Waals surface area contributed by atoms with Crippen molar-refractivity contribution in [2.24, 2.45) is 5.73 Å². The van der Waals surface area contributed by atoms with Crippen LogP contribution in [0.3, 0.4) is 0 Å². The molecule has 0 saturated heterocycles. The van der Waals surface area contributed by atoms with E-state index in [2.05, 4.69) is 42.2 Å². The summed E-state index contributed by atoms with van der Waals surface area (Å²) in [6.07, 6.45) is 0. The van der Waals surface area contributed by atoms with Gasteiger partial charge in [-0.2, -0.15) is 0 Å². The molecule has 3 nitrogen and oxygen atoms in total. The van der Waals surface area contributed by atoms with Gasteiger partial charge in [-0.25, -0.2) is 0 Å². The maximum atomic E-state index is 6.08.